The van der Waals surface area contributed by atoms with Gasteiger partial charge in [0.15, 0.2) is 3.23 Å². The van der Waals surface area contributed by atoms with E-state index in [2.05, 4.69) is 36.6 Å². The summed E-state index contributed by atoms with van der Waals surface area (Å²) in [6, 6.07) is 9.72. The maximum Gasteiger partial charge on any atom is 0.333 e. The molecule has 0 bridgehead atoms. The lowest BCUT2D eigenvalue weighted by molar-refractivity contribution is -0.140. The Morgan fingerprint density at radius 3 is 2.43 bits per heavy atom. The lowest BCUT2D eigenvalue weighted by Gasteiger charge is -2.17. The smallest absolute Gasteiger partial charge is 0.333 e. The van der Waals surface area contributed by atoms with Crippen LogP contribution >= 0.6 is 31.9 Å². The third-order valence-electron chi connectivity index (χ3n) is 1.75. The van der Waals surface area contributed by atoms with Gasteiger partial charge >= 0.3 is 5.97 Å². The van der Waals surface area contributed by atoms with Crippen LogP contribution in [0, 0.1) is 0 Å². The molecule has 1 aromatic rings. The Kier molecular flexibility index (Phi) is 4.13. The average molecular weight is 322 g/mol. The molecule has 0 aromatic heterocycles. The van der Waals surface area contributed by atoms with Crippen molar-refractivity contribution in [2.24, 2.45) is 0 Å². The van der Waals surface area contributed by atoms with Gasteiger partial charge in [-0.2, -0.15) is 0 Å². The van der Waals surface area contributed by atoms with Crippen molar-refractivity contribution in [3.8, 4) is 0 Å². The maximum absolute atomic E-state index is 11.3. The van der Waals surface area contributed by atoms with Gasteiger partial charge in [-0.3, -0.25) is 0 Å². The first-order valence-corrected chi connectivity index (χ1v) is 5.65. The molecule has 14 heavy (non-hydrogen) atoms. The normalized spacial score (nSPS) is 11.1. The van der Waals surface area contributed by atoms with Crippen LogP contribution in [0.1, 0.15) is 5.56 Å². The van der Waals surface area contributed by atoms with E-state index in [4.69, 9.17) is 0 Å². The van der Waals surface area contributed by atoms with Crippen molar-refractivity contribution in [3.05, 3.63) is 35.9 Å². The Morgan fingerprint density at radius 1 is 1.36 bits per heavy atom. The predicted molar refractivity (Wildman–Crippen MR) is 62.7 cm³/mol. The summed E-state index contributed by atoms with van der Waals surface area (Å²) in [5.74, 6) is -0.332. The molecule has 1 aromatic carbocycles. The van der Waals surface area contributed by atoms with Gasteiger partial charge in [0.05, 0.1) is 7.11 Å². The zero-order valence-corrected chi connectivity index (χ0v) is 10.8. The highest BCUT2D eigenvalue weighted by atomic mass is 79.9. The van der Waals surface area contributed by atoms with E-state index >= 15 is 0 Å². The number of alkyl halides is 2. The standard InChI is InChI=1S/C10H10Br2O2/c1-14-9(13)10(11,12)7-8-5-3-2-4-6-8/h2-6H,7H2,1H3. The van der Waals surface area contributed by atoms with Crippen molar-refractivity contribution in [2.75, 3.05) is 7.11 Å². The molecule has 0 N–H and O–H groups in total. The van der Waals surface area contributed by atoms with E-state index in [1.807, 2.05) is 30.3 Å². The Hall–Kier alpha value is -0.350. The van der Waals surface area contributed by atoms with Crippen LogP contribution in [0.5, 0.6) is 0 Å². The first kappa shape index (κ1) is 11.7. The molecule has 0 radical (unpaired) electrons. The van der Waals surface area contributed by atoms with Crippen LogP contribution in [0.4, 0.5) is 0 Å². The minimum atomic E-state index is -0.823. The monoisotopic (exact) mass is 320 g/mol. The summed E-state index contributed by atoms with van der Waals surface area (Å²) < 4.78 is 3.83. The number of carbonyl (C=O) groups excluding carboxylic acids is 1. The van der Waals surface area contributed by atoms with Crippen molar-refractivity contribution >= 4 is 37.8 Å². The highest BCUT2D eigenvalue weighted by Gasteiger charge is 2.33. The van der Waals surface area contributed by atoms with Gasteiger partial charge in [-0.05, 0) is 5.56 Å². The summed E-state index contributed by atoms with van der Waals surface area (Å²) in [5.41, 5.74) is 1.06. The first-order chi connectivity index (χ1) is 6.56. The van der Waals surface area contributed by atoms with Crippen LogP contribution in [-0.4, -0.2) is 16.3 Å². The topological polar surface area (TPSA) is 26.3 Å². The van der Waals surface area contributed by atoms with E-state index < -0.39 is 3.23 Å². The van der Waals surface area contributed by atoms with Crippen LogP contribution in [0.25, 0.3) is 0 Å². The Labute approximate surface area is 99.9 Å². The summed E-state index contributed by atoms with van der Waals surface area (Å²) in [7, 11) is 1.37. The van der Waals surface area contributed by atoms with Crippen molar-refractivity contribution in [3.63, 3.8) is 0 Å². The van der Waals surface area contributed by atoms with Gasteiger partial charge in [-0.1, -0.05) is 62.2 Å². The molecule has 0 spiro atoms. The fourth-order valence-corrected chi connectivity index (χ4v) is 2.04. The summed E-state index contributed by atoms with van der Waals surface area (Å²) in [6.45, 7) is 0. The molecule has 0 heterocycles. The molecule has 2 nitrogen and oxygen atoms in total. The van der Waals surface area contributed by atoms with Crippen molar-refractivity contribution in [1.29, 1.82) is 0 Å². The van der Waals surface area contributed by atoms with E-state index in [9.17, 15) is 4.79 Å². The molecule has 0 unspecified atom stereocenters. The van der Waals surface area contributed by atoms with Crippen LogP contribution < -0.4 is 0 Å². The van der Waals surface area contributed by atoms with Crippen molar-refractivity contribution in [1.82, 2.24) is 0 Å². The molecule has 1 rings (SSSR count). The molecule has 0 saturated heterocycles. The summed E-state index contributed by atoms with van der Waals surface area (Å²) >= 11 is 6.57. The van der Waals surface area contributed by atoms with Gasteiger partial charge < -0.3 is 4.74 Å². The molecule has 0 atom stereocenters. The molecule has 0 amide bonds. The summed E-state index contributed by atoms with van der Waals surface area (Å²) in [6.07, 6.45) is 0.542. The van der Waals surface area contributed by atoms with E-state index in [1.165, 1.54) is 7.11 Å². The van der Waals surface area contributed by atoms with Crippen molar-refractivity contribution in [2.45, 2.75) is 9.65 Å². The fraction of sp³-hybridized carbons (Fsp3) is 0.300. The second-order valence-electron chi connectivity index (χ2n) is 2.86. The molecule has 4 heteroatoms. The number of carbonyl (C=O) groups is 1. The lowest BCUT2D eigenvalue weighted by atomic mass is 10.1. The van der Waals surface area contributed by atoms with Gasteiger partial charge in [0, 0.05) is 6.42 Å². The maximum atomic E-state index is 11.3. The summed E-state index contributed by atoms with van der Waals surface area (Å²) in [4.78, 5) is 11.3. The highest BCUT2D eigenvalue weighted by molar-refractivity contribution is 9.25. The first-order valence-electron chi connectivity index (χ1n) is 4.06. The Bertz CT molecular complexity index is 309. The Balaban J connectivity index is 2.73. The molecular formula is C10H10Br2O2. The number of halogens is 2. The van der Waals surface area contributed by atoms with E-state index in [1.54, 1.807) is 0 Å². The van der Waals surface area contributed by atoms with Gasteiger partial charge in [0.25, 0.3) is 0 Å². The second-order valence-corrected chi connectivity index (χ2v) is 6.63. The molecule has 0 saturated carbocycles. The van der Waals surface area contributed by atoms with Gasteiger partial charge in [0.2, 0.25) is 0 Å². The quantitative estimate of drug-likeness (QED) is 0.632. The van der Waals surface area contributed by atoms with Crippen molar-refractivity contribution < 1.29 is 9.53 Å². The summed E-state index contributed by atoms with van der Waals surface area (Å²) in [5, 5.41) is 0. The number of ether oxygens (including phenoxy) is 1. The molecular weight excluding hydrogens is 312 g/mol. The second kappa shape index (κ2) is 4.94. The molecule has 0 aliphatic carbocycles. The zero-order valence-electron chi connectivity index (χ0n) is 7.67. The van der Waals surface area contributed by atoms with E-state index in [0.717, 1.165) is 5.56 Å². The van der Waals surface area contributed by atoms with E-state index in [-0.39, 0.29) is 5.97 Å². The zero-order chi connectivity index (χ0) is 10.6. The molecule has 0 aliphatic rings. The number of esters is 1. The van der Waals surface area contributed by atoms with Gasteiger partial charge in [-0.25, -0.2) is 4.79 Å². The number of methoxy groups -OCH3 is 1. The minimum Gasteiger partial charge on any atom is -0.467 e. The fourth-order valence-electron chi connectivity index (χ4n) is 1.07. The number of hydrogen-bond acceptors (Lipinski definition) is 2. The predicted octanol–water partition coefficient (Wildman–Crippen LogP) is 2.89. The third-order valence-corrected chi connectivity index (χ3v) is 2.96. The minimum absolute atomic E-state index is 0.332. The van der Waals surface area contributed by atoms with Gasteiger partial charge in [-0.15, -0.1) is 0 Å². The molecule has 0 aliphatic heterocycles. The van der Waals surface area contributed by atoms with Crippen LogP contribution in [-0.2, 0) is 16.0 Å². The Morgan fingerprint density at radius 2 is 1.93 bits per heavy atom. The molecule has 0 fully saturated rings. The van der Waals surface area contributed by atoms with Crippen LogP contribution in [0.3, 0.4) is 0 Å². The number of rotatable bonds is 3. The largest absolute Gasteiger partial charge is 0.467 e. The van der Waals surface area contributed by atoms with Gasteiger partial charge in [0.1, 0.15) is 0 Å². The number of benzene rings is 1. The SMILES string of the molecule is COC(=O)C(Br)(Br)Cc1ccccc1. The lowest BCUT2D eigenvalue weighted by Crippen LogP contribution is -2.28. The molecule has 76 valence electrons. The average Bonchev–Trinajstić information content (AvgIpc) is 2.17. The highest BCUT2D eigenvalue weighted by Crippen LogP contribution is 2.31. The third kappa shape index (κ3) is 3.10. The van der Waals surface area contributed by atoms with Crippen LogP contribution in [0.2, 0.25) is 0 Å². The van der Waals surface area contributed by atoms with Crippen LogP contribution in [0.15, 0.2) is 30.3 Å². The van der Waals surface area contributed by atoms with E-state index in [0.29, 0.717) is 6.42 Å². The number of hydrogen-bond donors (Lipinski definition) is 0.